The Kier molecular flexibility index (Phi) is 10.1. The quantitative estimate of drug-likeness (QED) is 0.443. The number of methoxy groups -OCH3 is 1. The summed E-state index contributed by atoms with van der Waals surface area (Å²) in [6.45, 7) is 1.67. The van der Waals surface area contributed by atoms with Crippen LogP contribution in [-0.4, -0.2) is 50.0 Å². The molecule has 110 valence electrons. The Morgan fingerprint density at radius 2 is 1.84 bits per heavy atom. The molecule has 0 bridgehead atoms. The van der Waals surface area contributed by atoms with E-state index in [0.29, 0.717) is 0 Å². The molecular weight excluding hydrogens is 276 g/mol. The van der Waals surface area contributed by atoms with Crippen molar-refractivity contribution in [1.82, 2.24) is 0 Å². The van der Waals surface area contributed by atoms with E-state index in [9.17, 15) is 14.4 Å². The summed E-state index contributed by atoms with van der Waals surface area (Å²) >= 11 is 5.45. The van der Waals surface area contributed by atoms with E-state index in [1.54, 1.807) is 6.92 Å². The highest BCUT2D eigenvalue weighted by atomic mass is 35.5. The van der Waals surface area contributed by atoms with Crippen molar-refractivity contribution in [3.05, 3.63) is 0 Å². The molecule has 0 aliphatic rings. The fourth-order valence-electron chi connectivity index (χ4n) is 1.36. The largest absolute Gasteiger partial charge is 0.466 e. The van der Waals surface area contributed by atoms with Gasteiger partial charge in [-0.3, -0.25) is 9.59 Å². The van der Waals surface area contributed by atoms with Crippen LogP contribution in [0.1, 0.15) is 26.2 Å². The minimum absolute atomic E-state index is 0.0546. The maximum absolute atomic E-state index is 11.5. The topological polar surface area (TPSA) is 78.9 Å². The van der Waals surface area contributed by atoms with E-state index in [-0.39, 0.29) is 44.1 Å². The van der Waals surface area contributed by atoms with Gasteiger partial charge >= 0.3 is 11.9 Å². The Bertz CT molecular complexity index is 257. The van der Waals surface area contributed by atoms with Crippen molar-refractivity contribution in [3.8, 4) is 0 Å². The highest BCUT2D eigenvalue weighted by Crippen LogP contribution is 2.09. The van der Waals surface area contributed by atoms with Crippen LogP contribution in [0.3, 0.4) is 0 Å². The average Bonchev–Trinajstić information content (AvgIpc) is 2.29. The highest BCUT2D eigenvalue weighted by Gasteiger charge is 2.22. The molecule has 0 aliphatic carbocycles. The summed E-state index contributed by atoms with van der Waals surface area (Å²) in [5.41, 5.74) is 0. The van der Waals surface area contributed by atoms with Crippen molar-refractivity contribution >= 4 is 29.3 Å². The first-order valence-corrected chi connectivity index (χ1v) is 6.48. The summed E-state index contributed by atoms with van der Waals surface area (Å²) in [4.78, 5) is 34.1. The van der Waals surface area contributed by atoms with Crippen LogP contribution in [0.25, 0.3) is 0 Å². The molecule has 0 heterocycles. The first-order chi connectivity index (χ1) is 9.03. The maximum Gasteiger partial charge on any atom is 0.332 e. The van der Waals surface area contributed by atoms with Gasteiger partial charge in [-0.1, -0.05) is 0 Å². The molecule has 0 spiro atoms. The van der Waals surface area contributed by atoms with Gasteiger partial charge in [0.2, 0.25) is 0 Å². The fraction of sp³-hybridized carbons (Fsp3) is 0.750. The number of alkyl halides is 1. The molecule has 0 saturated heterocycles. The van der Waals surface area contributed by atoms with Gasteiger partial charge in [0.15, 0.2) is 0 Å². The summed E-state index contributed by atoms with van der Waals surface area (Å²) in [6, 6.07) is 0. The molecule has 0 fully saturated rings. The molecule has 0 radical (unpaired) electrons. The second kappa shape index (κ2) is 10.8. The zero-order chi connectivity index (χ0) is 14.7. The summed E-state index contributed by atoms with van der Waals surface area (Å²) in [5.74, 6) is -1.13. The van der Waals surface area contributed by atoms with Crippen molar-refractivity contribution in [3.63, 3.8) is 0 Å². The molecule has 0 aromatic heterocycles. The van der Waals surface area contributed by atoms with Gasteiger partial charge in [-0.2, -0.15) is 0 Å². The van der Waals surface area contributed by atoms with Crippen LogP contribution in [0, 0.1) is 0 Å². The molecule has 0 aromatic rings. The van der Waals surface area contributed by atoms with Crippen LogP contribution in [0.15, 0.2) is 0 Å². The predicted molar refractivity (Wildman–Crippen MR) is 68.0 cm³/mol. The van der Waals surface area contributed by atoms with Crippen LogP contribution in [-0.2, 0) is 28.6 Å². The number of hydrogen-bond acceptors (Lipinski definition) is 6. The number of rotatable bonds is 10. The molecule has 7 heteroatoms. The van der Waals surface area contributed by atoms with Crippen LogP contribution < -0.4 is 0 Å². The van der Waals surface area contributed by atoms with Crippen LogP contribution in [0.2, 0.25) is 0 Å². The van der Waals surface area contributed by atoms with Crippen molar-refractivity contribution in [1.29, 1.82) is 0 Å². The van der Waals surface area contributed by atoms with Crippen molar-refractivity contribution < 1.29 is 28.6 Å². The molecular formula is C12H19ClO6. The molecule has 0 aromatic carbocycles. The molecule has 0 amide bonds. The molecule has 0 saturated carbocycles. The lowest BCUT2D eigenvalue weighted by Crippen LogP contribution is -2.27. The van der Waals surface area contributed by atoms with Crippen molar-refractivity contribution in [2.24, 2.45) is 0 Å². The van der Waals surface area contributed by atoms with E-state index in [2.05, 4.69) is 4.74 Å². The molecule has 0 rings (SSSR count). The fourth-order valence-corrected chi connectivity index (χ4v) is 1.57. The SMILES string of the molecule is CCOC(=O)C[C@@H](CC(=O)CCCl)OC(=O)COC. The second-order valence-corrected chi connectivity index (χ2v) is 4.11. The van der Waals surface area contributed by atoms with E-state index in [0.717, 1.165) is 0 Å². The van der Waals surface area contributed by atoms with Crippen LogP contribution in [0.5, 0.6) is 0 Å². The van der Waals surface area contributed by atoms with E-state index < -0.39 is 18.0 Å². The molecule has 19 heavy (non-hydrogen) atoms. The Labute approximate surface area is 117 Å². The number of ether oxygens (including phenoxy) is 3. The van der Waals surface area contributed by atoms with Gasteiger partial charge in [-0.25, -0.2) is 4.79 Å². The smallest absolute Gasteiger partial charge is 0.332 e. The van der Waals surface area contributed by atoms with Crippen molar-refractivity contribution in [2.75, 3.05) is 26.2 Å². The molecule has 0 N–H and O–H groups in total. The van der Waals surface area contributed by atoms with E-state index in [4.69, 9.17) is 21.1 Å². The third-order valence-electron chi connectivity index (χ3n) is 2.09. The Morgan fingerprint density at radius 3 is 2.37 bits per heavy atom. The molecule has 6 nitrogen and oxygen atoms in total. The second-order valence-electron chi connectivity index (χ2n) is 3.74. The third kappa shape index (κ3) is 9.44. The lowest BCUT2D eigenvalue weighted by Gasteiger charge is -2.16. The standard InChI is InChI=1S/C12H19ClO6/c1-3-18-11(15)7-10(6-9(14)4-5-13)19-12(16)8-17-2/h10H,3-8H2,1-2H3/t10-/m1/s1. The number of halogens is 1. The minimum atomic E-state index is -0.836. The van der Waals surface area contributed by atoms with Gasteiger partial charge in [-0.05, 0) is 6.92 Å². The number of hydrogen-bond donors (Lipinski definition) is 0. The zero-order valence-electron chi connectivity index (χ0n) is 11.1. The van der Waals surface area contributed by atoms with Crippen molar-refractivity contribution in [2.45, 2.75) is 32.3 Å². The number of esters is 2. The summed E-state index contributed by atoms with van der Waals surface area (Å²) in [5, 5.41) is 0. The Morgan fingerprint density at radius 1 is 1.16 bits per heavy atom. The summed E-state index contributed by atoms with van der Waals surface area (Å²) in [6.07, 6.45) is -0.876. The first kappa shape index (κ1) is 17.9. The molecule has 1 atom stereocenters. The first-order valence-electron chi connectivity index (χ1n) is 5.95. The van der Waals surface area contributed by atoms with E-state index in [1.165, 1.54) is 7.11 Å². The van der Waals surface area contributed by atoms with Gasteiger partial charge in [0.25, 0.3) is 0 Å². The molecule has 0 aliphatic heterocycles. The highest BCUT2D eigenvalue weighted by molar-refractivity contribution is 6.19. The number of carbonyl (C=O) groups is 3. The van der Waals surface area contributed by atoms with Gasteiger partial charge in [0.05, 0.1) is 13.0 Å². The minimum Gasteiger partial charge on any atom is -0.466 e. The number of Topliss-reactive ketones (excluding diaryl/α,β-unsaturated/α-hetero) is 1. The van der Waals surface area contributed by atoms with Gasteiger partial charge in [-0.15, -0.1) is 11.6 Å². The van der Waals surface area contributed by atoms with E-state index in [1.807, 2.05) is 0 Å². The average molecular weight is 295 g/mol. The normalized spacial score (nSPS) is 11.7. The number of ketones is 1. The summed E-state index contributed by atoms with van der Waals surface area (Å²) < 4.78 is 14.4. The maximum atomic E-state index is 11.5. The Balaban J connectivity index is 4.40. The van der Waals surface area contributed by atoms with Crippen LogP contribution in [0.4, 0.5) is 0 Å². The third-order valence-corrected chi connectivity index (χ3v) is 2.28. The zero-order valence-corrected chi connectivity index (χ0v) is 11.9. The monoisotopic (exact) mass is 294 g/mol. The van der Waals surface area contributed by atoms with Gasteiger partial charge in [0.1, 0.15) is 18.5 Å². The number of carbonyl (C=O) groups excluding carboxylic acids is 3. The molecule has 0 unspecified atom stereocenters. The lowest BCUT2D eigenvalue weighted by atomic mass is 10.1. The van der Waals surface area contributed by atoms with E-state index >= 15 is 0 Å². The lowest BCUT2D eigenvalue weighted by molar-refractivity contribution is -0.158. The predicted octanol–water partition coefficient (Wildman–Crippen LogP) is 1.09. The summed E-state index contributed by atoms with van der Waals surface area (Å²) in [7, 11) is 1.35. The van der Waals surface area contributed by atoms with Gasteiger partial charge < -0.3 is 14.2 Å². The Hall–Kier alpha value is -1.14. The van der Waals surface area contributed by atoms with Gasteiger partial charge in [0, 0.05) is 25.8 Å². The van der Waals surface area contributed by atoms with Crippen LogP contribution >= 0.6 is 11.6 Å².